The van der Waals surface area contributed by atoms with Gasteiger partial charge in [-0.1, -0.05) is 24.3 Å². The third-order valence-electron chi connectivity index (χ3n) is 2.34. The van der Waals surface area contributed by atoms with Crippen molar-refractivity contribution in [2.45, 2.75) is 0 Å². The maximum atomic E-state index is 4.76. The molecule has 0 aliphatic rings. The fourth-order valence-electron chi connectivity index (χ4n) is 1.68. The Balaban J connectivity index is 0.000000329. The molecule has 2 nitrogen and oxygen atoms in total. The molecular formula is C12H8Cl2FeN2. The molecule has 0 spiro atoms. The molecule has 3 rings (SSSR count). The van der Waals surface area contributed by atoms with Gasteiger partial charge in [-0.15, -0.1) is 0 Å². The minimum atomic E-state index is 0.194. The molecule has 0 fully saturated rings. The summed E-state index contributed by atoms with van der Waals surface area (Å²) in [5, 5.41) is 2.28. The second-order valence-corrected chi connectivity index (χ2v) is 5.09. The Kier molecular flexibility index (Phi) is 4.57. The Labute approximate surface area is 114 Å². The van der Waals surface area contributed by atoms with E-state index in [0.717, 1.165) is 21.8 Å². The van der Waals surface area contributed by atoms with Gasteiger partial charge in [-0.25, -0.2) is 0 Å². The van der Waals surface area contributed by atoms with Crippen LogP contribution >= 0.6 is 20.2 Å². The molecule has 17 heavy (non-hydrogen) atoms. The van der Waals surface area contributed by atoms with Crippen molar-refractivity contribution >= 4 is 42.0 Å². The molecule has 1 aromatic carbocycles. The average molecular weight is 307 g/mol. The Morgan fingerprint density at radius 1 is 0.765 bits per heavy atom. The van der Waals surface area contributed by atoms with E-state index < -0.39 is 0 Å². The Bertz CT molecular complexity index is 576. The number of hydrogen-bond acceptors (Lipinski definition) is 2. The van der Waals surface area contributed by atoms with Gasteiger partial charge in [0, 0.05) is 23.2 Å². The van der Waals surface area contributed by atoms with Crippen LogP contribution in [0.3, 0.4) is 0 Å². The molecule has 0 unspecified atom stereocenters. The van der Waals surface area contributed by atoms with Crippen LogP contribution in [0.2, 0.25) is 0 Å². The summed E-state index contributed by atoms with van der Waals surface area (Å²) in [6, 6.07) is 12.1. The number of fused-ring (bicyclic) bond motifs is 3. The van der Waals surface area contributed by atoms with E-state index in [1.54, 1.807) is 12.4 Å². The first-order chi connectivity index (χ1) is 8.36. The summed E-state index contributed by atoms with van der Waals surface area (Å²) in [4.78, 5) is 8.69. The van der Waals surface area contributed by atoms with Crippen molar-refractivity contribution < 1.29 is 13.1 Å². The molecule has 2 aromatic heterocycles. The maximum Gasteiger partial charge on any atom is 0.0964 e. The molecule has 0 N–H and O–H groups in total. The summed E-state index contributed by atoms with van der Waals surface area (Å²) >= 11 is 0.194. The fraction of sp³-hybridized carbons (Fsp3) is 0. The maximum absolute atomic E-state index is 4.76. The zero-order valence-corrected chi connectivity index (χ0v) is 11.2. The van der Waals surface area contributed by atoms with Crippen molar-refractivity contribution in [3.05, 3.63) is 48.8 Å². The van der Waals surface area contributed by atoms with Crippen LogP contribution < -0.4 is 0 Å². The molecule has 0 saturated heterocycles. The summed E-state index contributed by atoms with van der Waals surface area (Å²) in [6.45, 7) is 0. The molecule has 5 heteroatoms. The van der Waals surface area contributed by atoms with Gasteiger partial charge in [0.2, 0.25) is 0 Å². The standard InChI is InChI=1S/C12H8N2.2ClH.Fe/c1-3-9-5-6-10-4-2-8-14-12(10)11(9)13-7-1;;;/h1-8H;2*1H;/q;;;+2/p-2. The van der Waals surface area contributed by atoms with Crippen molar-refractivity contribution in [2.75, 3.05) is 0 Å². The molecule has 0 saturated carbocycles. The number of nitrogens with zero attached hydrogens (tertiary/aromatic N) is 2. The second-order valence-electron chi connectivity index (χ2n) is 3.27. The Hall–Kier alpha value is -0.861. The van der Waals surface area contributed by atoms with Crippen LogP contribution in [-0.2, 0) is 13.1 Å². The predicted molar refractivity (Wildman–Crippen MR) is 68.8 cm³/mol. The molecule has 0 radical (unpaired) electrons. The van der Waals surface area contributed by atoms with Crippen LogP contribution in [0.25, 0.3) is 21.8 Å². The number of benzene rings is 1. The van der Waals surface area contributed by atoms with E-state index in [1.807, 2.05) is 12.1 Å². The van der Waals surface area contributed by atoms with E-state index in [0.29, 0.717) is 0 Å². The third kappa shape index (κ3) is 2.88. The average Bonchev–Trinajstić information content (AvgIpc) is 2.40. The van der Waals surface area contributed by atoms with Crippen LogP contribution in [-0.4, -0.2) is 9.97 Å². The smallest absolute Gasteiger partial charge is 0.0964 e. The van der Waals surface area contributed by atoms with E-state index in [-0.39, 0.29) is 13.1 Å². The van der Waals surface area contributed by atoms with E-state index in [4.69, 9.17) is 20.2 Å². The van der Waals surface area contributed by atoms with Crippen molar-refractivity contribution in [3.63, 3.8) is 0 Å². The third-order valence-corrected chi connectivity index (χ3v) is 2.34. The van der Waals surface area contributed by atoms with Crippen LogP contribution in [0.4, 0.5) is 0 Å². The number of hydrogen-bond donors (Lipinski definition) is 0. The first-order valence-corrected chi connectivity index (χ1v) is 7.84. The van der Waals surface area contributed by atoms with Gasteiger partial charge in [0.1, 0.15) is 0 Å². The molecule has 3 aromatic rings. The van der Waals surface area contributed by atoms with E-state index in [1.165, 1.54) is 0 Å². The molecule has 88 valence electrons. The molecule has 0 bridgehead atoms. The van der Waals surface area contributed by atoms with E-state index in [2.05, 4.69) is 34.2 Å². The number of rotatable bonds is 0. The molecule has 0 atom stereocenters. The zero-order valence-electron chi connectivity index (χ0n) is 8.62. The summed E-state index contributed by atoms with van der Waals surface area (Å²) in [6.07, 6.45) is 3.60. The summed E-state index contributed by atoms with van der Waals surface area (Å²) < 4.78 is 0. The summed E-state index contributed by atoms with van der Waals surface area (Å²) in [5.41, 5.74) is 1.95. The van der Waals surface area contributed by atoms with Crippen molar-refractivity contribution in [1.29, 1.82) is 0 Å². The van der Waals surface area contributed by atoms with Gasteiger partial charge in [0.05, 0.1) is 11.0 Å². The molecule has 2 heterocycles. The number of halogens is 2. The molecule has 0 aliphatic carbocycles. The van der Waals surface area contributed by atoms with Gasteiger partial charge < -0.3 is 0 Å². The molecule has 0 aliphatic heterocycles. The normalized spacial score (nSPS) is 10.2. The second kappa shape index (κ2) is 6.18. The topological polar surface area (TPSA) is 25.8 Å². The van der Waals surface area contributed by atoms with Crippen LogP contribution in [0, 0.1) is 0 Å². The number of pyridine rings is 2. The van der Waals surface area contributed by atoms with Gasteiger partial charge in [-0.05, 0) is 12.1 Å². The van der Waals surface area contributed by atoms with Crippen LogP contribution in [0.15, 0.2) is 48.8 Å². The largest absolute Gasteiger partial charge is 0.254 e. The van der Waals surface area contributed by atoms with Crippen molar-refractivity contribution in [1.82, 2.24) is 9.97 Å². The molecular weight excluding hydrogens is 299 g/mol. The first kappa shape index (κ1) is 12.6. The minimum Gasteiger partial charge on any atom is -0.254 e. The Morgan fingerprint density at radius 2 is 1.18 bits per heavy atom. The van der Waals surface area contributed by atoms with Gasteiger partial charge in [-0.3, -0.25) is 9.97 Å². The van der Waals surface area contributed by atoms with Crippen molar-refractivity contribution in [3.8, 4) is 0 Å². The Morgan fingerprint density at radius 3 is 1.59 bits per heavy atom. The quantitative estimate of drug-likeness (QED) is 0.460. The van der Waals surface area contributed by atoms with Gasteiger partial charge in [-0.2, -0.15) is 0 Å². The van der Waals surface area contributed by atoms with E-state index in [9.17, 15) is 0 Å². The van der Waals surface area contributed by atoms with Gasteiger partial charge in [0.25, 0.3) is 0 Å². The van der Waals surface area contributed by atoms with Crippen molar-refractivity contribution in [2.24, 2.45) is 0 Å². The first-order valence-electron chi connectivity index (χ1n) is 4.80. The van der Waals surface area contributed by atoms with Gasteiger partial charge in [0.15, 0.2) is 0 Å². The molecule has 0 amide bonds. The zero-order chi connectivity index (χ0) is 12.1. The summed E-state index contributed by atoms with van der Waals surface area (Å²) in [5.74, 6) is 0. The van der Waals surface area contributed by atoms with Gasteiger partial charge >= 0.3 is 33.3 Å². The monoisotopic (exact) mass is 306 g/mol. The fourth-order valence-corrected chi connectivity index (χ4v) is 1.68. The van der Waals surface area contributed by atoms with E-state index >= 15 is 0 Å². The predicted octanol–water partition coefficient (Wildman–Crippen LogP) is 4.16. The van der Waals surface area contributed by atoms with Crippen LogP contribution in [0.5, 0.6) is 0 Å². The minimum absolute atomic E-state index is 0.194. The number of aromatic nitrogens is 2. The van der Waals surface area contributed by atoms with Crippen LogP contribution in [0.1, 0.15) is 0 Å². The SMILES string of the molecule is [Cl][Fe][Cl].c1cnc2c(c1)ccc1cccnc12. The summed E-state index contributed by atoms with van der Waals surface area (Å²) in [7, 11) is 9.53.